The summed E-state index contributed by atoms with van der Waals surface area (Å²) < 4.78 is 11.0. The Morgan fingerprint density at radius 1 is 1.50 bits per heavy atom. The molecule has 0 aromatic heterocycles. The van der Waals surface area contributed by atoms with E-state index in [2.05, 4.69) is 6.58 Å². The van der Waals surface area contributed by atoms with E-state index in [0.717, 1.165) is 0 Å². The molecule has 26 heavy (non-hydrogen) atoms. The van der Waals surface area contributed by atoms with Crippen LogP contribution in [-0.4, -0.2) is 46.1 Å². The third-order valence-corrected chi connectivity index (χ3v) is 4.82. The van der Waals surface area contributed by atoms with Crippen molar-refractivity contribution in [3.63, 3.8) is 0 Å². The normalized spacial score (nSPS) is 38.7. The molecule has 2 rings (SSSR count). The second-order valence-electron chi connectivity index (χ2n) is 7.11. The lowest BCUT2D eigenvalue weighted by atomic mass is 9.82. The second-order valence-corrected chi connectivity index (χ2v) is 7.11. The standard InChI is InChI=1S/C20H26O6/c1-6-11(2)18(22)26-16-10-20(5,24)8-7-14(21)12(3)9-15-17(16)13(4)19(23)25-15/h6-9,14-17,21,24H,4,10H2,1-3,5H3/b8-7+,11-6-,12-9-/t14-,15-,16-,17-,20+/m0/s1. The molecule has 5 atom stereocenters. The van der Waals surface area contributed by atoms with Crippen LogP contribution in [0.1, 0.15) is 34.1 Å². The molecule has 0 amide bonds. The lowest BCUT2D eigenvalue weighted by Crippen LogP contribution is -2.40. The van der Waals surface area contributed by atoms with E-state index in [1.807, 2.05) is 0 Å². The summed E-state index contributed by atoms with van der Waals surface area (Å²) in [5.74, 6) is -1.74. The van der Waals surface area contributed by atoms with E-state index in [4.69, 9.17) is 9.47 Å². The first-order valence-electron chi connectivity index (χ1n) is 8.57. The molecule has 6 nitrogen and oxygen atoms in total. The molecule has 1 heterocycles. The Balaban J connectivity index is 2.48. The van der Waals surface area contributed by atoms with Gasteiger partial charge in [-0.05, 0) is 39.3 Å². The maximum Gasteiger partial charge on any atom is 0.334 e. The van der Waals surface area contributed by atoms with Gasteiger partial charge in [-0.25, -0.2) is 9.59 Å². The van der Waals surface area contributed by atoms with Gasteiger partial charge in [0.15, 0.2) is 0 Å². The van der Waals surface area contributed by atoms with E-state index >= 15 is 0 Å². The van der Waals surface area contributed by atoms with Gasteiger partial charge in [-0.1, -0.05) is 24.8 Å². The molecule has 1 aliphatic heterocycles. The molecular weight excluding hydrogens is 336 g/mol. The van der Waals surface area contributed by atoms with E-state index < -0.39 is 41.8 Å². The molecule has 142 valence electrons. The lowest BCUT2D eigenvalue weighted by molar-refractivity contribution is -0.150. The summed E-state index contributed by atoms with van der Waals surface area (Å²) in [6.45, 7) is 10.4. The number of esters is 2. The van der Waals surface area contributed by atoms with Gasteiger partial charge < -0.3 is 19.7 Å². The van der Waals surface area contributed by atoms with Gasteiger partial charge >= 0.3 is 11.9 Å². The summed E-state index contributed by atoms with van der Waals surface area (Å²) in [5, 5.41) is 20.9. The van der Waals surface area contributed by atoms with Crippen LogP contribution in [0.3, 0.4) is 0 Å². The maximum absolute atomic E-state index is 12.3. The number of hydrogen-bond acceptors (Lipinski definition) is 6. The molecule has 1 aliphatic carbocycles. The van der Waals surface area contributed by atoms with Crippen LogP contribution in [0.5, 0.6) is 0 Å². The Morgan fingerprint density at radius 2 is 2.15 bits per heavy atom. The van der Waals surface area contributed by atoms with Crippen LogP contribution < -0.4 is 0 Å². The smallest absolute Gasteiger partial charge is 0.334 e. The minimum atomic E-state index is -1.36. The Morgan fingerprint density at radius 3 is 2.77 bits per heavy atom. The van der Waals surface area contributed by atoms with Gasteiger partial charge in [0.05, 0.1) is 17.6 Å². The maximum atomic E-state index is 12.3. The van der Waals surface area contributed by atoms with Crippen LogP contribution in [0.15, 0.2) is 47.6 Å². The van der Waals surface area contributed by atoms with Crippen molar-refractivity contribution in [1.82, 2.24) is 0 Å². The topological polar surface area (TPSA) is 93.1 Å². The first kappa shape index (κ1) is 20.1. The molecule has 2 N–H and O–H groups in total. The first-order chi connectivity index (χ1) is 12.1. The number of allylic oxidation sites excluding steroid dienone is 1. The predicted molar refractivity (Wildman–Crippen MR) is 96.0 cm³/mol. The van der Waals surface area contributed by atoms with Gasteiger partial charge in [0.1, 0.15) is 12.2 Å². The molecule has 1 fully saturated rings. The zero-order chi connectivity index (χ0) is 19.6. The van der Waals surface area contributed by atoms with E-state index in [0.29, 0.717) is 11.1 Å². The zero-order valence-electron chi connectivity index (χ0n) is 15.6. The van der Waals surface area contributed by atoms with Crippen molar-refractivity contribution >= 4 is 11.9 Å². The molecule has 0 aromatic rings. The minimum absolute atomic E-state index is 0.0304. The summed E-state index contributed by atoms with van der Waals surface area (Å²) in [5.41, 5.74) is -0.188. The quantitative estimate of drug-likeness (QED) is 0.443. The monoisotopic (exact) mass is 362 g/mol. The molecule has 0 radical (unpaired) electrons. The number of aliphatic hydroxyl groups excluding tert-OH is 1. The van der Waals surface area contributed by atoms with Crippen LogP contribution >= 0.6 is 0 Å². The average Bonchev–Trinajstić information content (AvgIpc) is 2.84. The second kappa shape index (κ2) is 7.60. The Hall–Kier alpha value is -2.18. The molecule has 0 spiro atoms. The molecular formula is C20H26O6. The van der Waals surface area contributed by atoms with Gasteiger partial charge in [0.25, 0.3) is 0 Å². The largest absolute Gasteiger partial charge is 0.458 e. The predicted octanol–water partition coefficient (Wildman–Crippen LogP) is 1.98. The van der Waals surface area contributed by atoms with Crippen molar-refractivity contribution < 1.29 is 29.3 Å². The van der Waals surface area contributed by atoms with Crippen LogP contribution in [0.25, 0.3) is 0 Å². The number of fused-ring (bicyclic) bond motifs is 1. The summed E-state index contributed by atoms with van der Waals surface area (Å²) in [6, 6.07) is 0. The number of hydrogen-bond donors (Lipinski definition) is 2. The van der Waals surface area contributed by atoms with Crippen LogP contribution in [-0.2, 0) is 19.1 Å². The molecule has 0 aromatic carbocycles. The highest BCUT2D eigenvalue weighted by Crippen LogP contribution is 2.37. The molecule has 1 saturated heterocycles. The molecule has 6 heteroatoms. The summed E-state index contributed by atoms with van der Waals surface area (Å²) >= 11 is 0. The van der Waals surface area contributed by atoms with E-state index in [9.17, 15) is 19.8 Å². The van der Waals surface area contributed by atoms with Gasteiger partial charge in [0.2, 0.25) is 0 Å². The first-order valence-corrected chi connectivity index (χ1v) is 8.57. The number of carbonyl (C=O) groups excluding carboxylic acids is 2. The van der Waals surface area contributed by atoms with Gasteiger partial charge in [-0.3, -0.25) is 0 Å². The fourth-order valence-electron chi connectivity index (χ4n) is 3.05. The van der Waals surface area contributed by atoms with Crippen LogP contribution in [0.2, 0.25) is 0 Å². The third-order valence-electron chi connectivity index (χ3n) is 4.82. The van der Waals surface area contributed by atoms with Gasteiger partial charge in [-0.2, -0.15) is 0 Å². The van der Waals surface area contributed by atoms with E-state index in [1.165, 1.54) is 12.2 Å². The van der Waals surface area contributed by atoms with E-state index in [-0.39, 0.29) is 12.0 Å². The summed E-state index contributed by atoms with van der Waals surface area (Å²) in [6.07, 6.45) is 3.77. The third kappa shape index (κ3) is 4.31. The molecule has 0 unspecified atom stereocenters. The van der Waals surface area contributed by atoms with Crippen molar-refractivity contribution in [3.8, 4) is 0 Å². The average molecular weight is 362 g/mol. The number of carbonyl (C=O) groups is 2. The van der Waals surface area contributed by atoms with Crippen molar-refractivity contribution in [3.05, 3.63) is 47.6 Å². The van der Waals surface area contributed by atoms with Crippen molar-refractivity contribution in [1.29, 1.82) is 0 Å². The van der Waals surface area contributed by atoms with Gasteiger partial charge in [0, 0.05) is 17.6 Å². The number of ether oxygens (including phenoxy) is 2. The highest BCUT2D eigenvalue weighted by atomic mass is 16.6. The van der Waals surface area contributed by atoms with Crippen molar-refractivity contribution in [2.75, 3.05) is 0 Å². The van der Waals surface area contributed by atoms with Crippen LogP contribution in [0, 0.1) is 5.92 Å². The lowest BCUT2D eigenvalue weighted by Gasteiger charge is -2.32. The highest BCUT2D eigenvalue weighted by Gasteiger charge is 2.46. The number of rotatable bonds is 2. The summed E-state index contributed by atoms with van der Waals surface area (Å²) in [4.78, 5) is 24.4. The van der Waals surface area contributed by atoms with Crippen molar-refractivity contribution in [2.45, 2.75) is 58.0 Å². The Bertz CT molecular complexity index is 697. The van der Waals surface area contributed by atoms with Gasteiger partial charge in [-0.15, -0.1) is 0 Å². The molecule has 0 bridgehead atoms. The Labute approximate surface area is 153 Å². The van der Waals surface area contributed by atoms with Crippen molar-refractivity contribution in [2.24, 2.45) is 5.92 Å². The fraction of sp³-hybridized carbons (Fsp3) is 0.500. The molecule has 0 saturated carbocycles. The zero-order valence-corrected chi connectivity index (χ0v) is 15.6. The summed E-state index contributed by atoms with van der Waals surface area (Å²) in [7, 11) is 0. The highest BCUT2D eigenvalue weighted by molar-refractivity contribution is 5.92. The van der Waals surface area contributed by atoms with E-state index in [1.54, 1.807) is 39.8 Å². The Kier molecular flexibility index (Phi) is 5.88. The number of aliphatic hydroxyl groups is 2. The SMILES string of the molecule is C=C1C(=O)O[C@H]2/C=C(/C)[C@@H](O)/C=C/[C@@](C)(O)C[C@H](OC(=O)/C(C)=C\C)[C@@H]12. The fourth-order valence-corrected chi connectivity index (χ4v) is 3.05. The van der Waals surface area contributed by atoms with Crippen LogP contribution in [0.4, 0.5) is 0 Å². The minimum Gasteiger partial charge on any atom is -0.458 e. The molecule has 2 aliphatic rings.